The smallest absolute Gasteiger partial charge is 0.185 e. The fourth-order valence-electron chi connectivity index (χ4n) is 6.11. The molecule has 0 saturated carbocycles. The molecule has 5 heterocycles. The molecule has 0 aliphatic carbocycles. The Morgan fingerprint density at radius 3 is 2.74 bits per heavy atom. The lowest BCUT2D eigenvalue weighted by Gasteiger charge is -2.33. The average Bonchev–Trinajstić information content (AvgIpc) is 3.79. The number of benzene rings is 2. The van der Waals surface area contributed by atoms with Crippen LogP contribution in [0.5, 0.6) is 0 Å². The first-order chi connectivity index (χ1) is 20.5. The summed E-state index contributed by atoms with van der Waals surface area (Å²) in [6, 6.07) is 19.0. The zero-order valence-electron chi connectivity index (χ0n) is 23.0. The number of fused-ring (bicyclic) bond motifs is 2. The van der Waals surface area contributed by atoms with Crippen LogP contribution in [0.2, 0.25) is 0 Å². The van der Waals surface area contributed by atoms with Crippen LogP contribution in [0.3, 0.4) is 0 Å². The molecule has 9 heteroatoms. The Labute approximate surface area is 253 Å². The number of carbonyl (C=O) groups is 1. The number of aromatic nitrogens is 4. The Morgan fingerprint density at radius 2 is 1.93 bits per heavy atom. The fourth-order valence-corrected chi connectivity index (χ4v) is 6.93. The summed E-state index contributed by atoms with van der Waals surface area (Å²) >= 11 is 6.97. The van der Waals surface area contributed by atoms with E-state index in [0.29, 0.717) is 29.4 Å². The van der Waals surface area contributed by atoms with Crippen LogP contribution in [0.15, 0.2) is 84.8 Å². The summed E-state index contributed by atoms with van der Waals surface area (Å²) in [7, 11) is 0. The SMILES string of the molecule is NC(=S)c1cccc(-c2cn(C3CCN(c4nccs4)CC3)c3cc(CCC(=O)c4c[nH]c5ncccc45)ccc23)c1. The van der Waals surface area contributed by atoms with Crippen LogP contribution in [-0.2, 0) is 6.42 Å². The van der Waals surface area contributed by atoms with Crippen molar-refractivity contribution >= 4 is 61.4 Å². The second-order valence-electron chi connectivity index (χ2n) is 10.8. The first-order valence-corrected chi connectivity index (χ1v) is 15.5. The van der Waals surface area contributed by atoms with Gasteiger partial charge < -0.3 is 20.2 Å². The van der Waals surface area contributed by atoms with Crippen LogP contribution in [0.25, 0.3) is 33.1 Å². The Kier molecular flexibility index (Phi) is 7.05. The van der Waals surface area contributed by atoms with Gasteiger partial charge in [-0.3, -0.25) is 4.79 Å². The van der Waals surface area contributed by atoms with Crippen LogP contribution >= 0.6 is 23.6 Å². The fraction of sp³-hybridized carbons (Fsp3) is 0.212. The van der Waals surface area contributed by atoms with Gasteiger partial charge in [-0.15, -0.1) is 11.3 Å². The Hall–Kier alpha value is -4.34. The van der Waals surface area contributed by atoms with E-state index in [2.05, 4.69) is 60.9 Å². The maximum absolute atomic E-state index is 13.2. The number of anilines is 1. The van der Waals surface area contributed by atoms with E-state index in [0.717, 1.165) is 58.8 Å². The summed E-state index contributed by atoms with van der Waals surface area (Å²) in [5.74, 6) is 0.120. The van der Waals surface area contributed by atoms with Crippen molar-refractivity contribution in [2.75, 3.05) is 18.0 Å². The number of carbonyl (C=O) groups excluding carboxylic acids is 1. The quantitative estimate of drug-likeness (QED) is 0.147. The summed E-state index contributed by atoms with van der Waals surface area (Å²) in [5, 5.41) is 5.20. The number of nitrogens with one attached hydrogen (secondary N) is 1. The van der Waals surface area contributed by atoms with Gasteiger partial charge in [0.15, 0.2) is 10.9 Å². The minimum atomic E-state index is 0.120. The predicted molar refractivity (Wildman–Crippen MR) is 175 cm³/mol. The van der Waals surface area contributed by atoms with Crippen molar-refractivity contribution < 1.29 is 4.79 Å². The summed E-state index contributed by atoms with van der Waals surface area (Å²) in [4.78, 5) is 27.9. The first-order valence-electron chi connectivity index (χ1n) is 14.2. The van der Waals surface area contributed by atoms with Crippen molar-refractivity contribution in [3.8, 4) is 11.1 Å². The normalized spacial score (nSPS) is 14.1. The minimum Gasteiger partial charge on any atom is -0.389 e. The van der Waals surface area contributed by atoms with Crippen LogP contribution < -0.4 is 10.6 Å². The number of aryl methyl sites for hydroxylation is 1. The molecule has 0 amide bonds. The number of H-pyrrole nitrogens is 1. The Balaban J connectivity index is 1.20. The third kappa shape index (κ3) is 4.99. The topological polar surface area (TPSA) is 92.8 Å². The summed E-state index contributed by atoms with van der Waals surface area (Å²) in [5.41, 5.74) is 12.9. The Morgan fingerprint density at radius 1 is 1.05 bits per heavy atom. The van der Waals surface area contributed by atoms with Gasteiger partial charge >= 0.3 is 0 Å². The van der Waals surface area contributed by atoms with E-state index in [4.69, 9.17) is 18.0 Å². The van der Waals surface area contributed by atoms with E-state index in [1.165, 1.54) is 16.5 Å². The van der Waals surface area contributed by atoms with Gasteiger partial charge in [-0.25, -0.2) is 9.97 Å². The average molecular weight is 591 g/mol. The third-order valence-electron chi connectivity index (χ3n) is 8.30. The number of hydrogen-bond donors (Lipinski definition) is 2. The van der Waals surface area contributed by atoms with E-state index < -0.39 is 0 Å². The van der Waals surface area contributed by atoms with Gasteiger partial charge in [0.1, 0.15) is 10.6 Å². The lowest BCUT2D eigenvalue weighted by Crippen LogP contribution is -2.34. The van der Waals surface area contributed by atoms with Crippen molar-refractivity contribution in [3.05, 3.63) is 101 Å². The minimum absolute atomic E-state index is 0.120. The molecular formula is C33H30N6OS2. The Bertz CT molecular complexity index is 1910. The van der Waals surface area contributed by atoms with Gasteiger partial charge in [-0.1, -0.05) is 42.5 Å². The maximum atomic E-state index is 13.2. The summed E-state index contributed by atoms with van der Waals surface area (Å²) in [6.45, 7) is 1.94. The molecule has 1 saturated heterocycles. The number of nitrogens with two attached hydrogens (primary N) is 1. The zero-order valence-corrected chi connectivity index (χ0v) is 24.6. The number of nitrogens with zero attached hydrogens (tertiary/aromatic N) is 4. The molecule has 0 spiro atoms. The zero-order chi connectivity index (χ0) is 28.6. The van der Waals surface area contributed by atoms with Gasteiger partial charge in [-0.2, -0.15) is 0 Å². The number of pyridine rings is 1. The van der Waals surface area contributed by atoms with Crippen LogP contribution in [0.1, 0.15) is 46.8 Å². The molecule has 6 aromatic rings. The molecule has 0 radical (unpaired) electrons. The molecule has 2 aromatic carbocycles. The van der Waals surface area contributed by atoms with Crippen molar-refractivity contribution in [1.29, 1.82) is 0 Å². The van der Waals surface area contributed by atoms with E-state index in [-0.39, 0.29) is 5.78 Å². The molecular weight excluding hydrogens is 561 g/mol. The highest BCUT2D eigenvalue weighted by Crippen LogP contribution is 2.37. The molecule has 4 aromatic heterocycles. The molecule has 0 bridgehead atoms. The lowest BCUT2D eigenvalue weighted by atomic mass is 9.99. The largest absolute Gasteiger partial charge is 0.389 e. The number of piperidine rings is 1. The standard InChI is InChI=1S/C33H30N6OS2/c34-31(41)23-4-1-3-22(18-23)28-20-39(24-10-14-38(15-11-24)33-36-13-16-42-33)29-17-21(6-8-25(28)29)7-9-30(40)27-19-37-32-26(27)5-2-12-35-32/h1-6,8,12-13,16-20,24H,7,9-11,14-15H2,(H2,34,41)(H,35,37). The number of thiocarbonyl (C=S) groups is 1. The first kappa shape index (κ1) is 26.6. The van der Waals surface area contributed by atoms with Gasteiger partial charge in [0.25, 0.3) is 0 Å². The second kappa shape index (κ2) is 11.2. The van der Waals surface area contributed by atoms with E-state index in [9.17, 15) is 4.79 Å². The number of aromatic amines is 1. The molecule has 42 heavy (non-hydrogen) atoms. The van der Waals surface area contributed by atoms with Crippen LogP contribution in [-0.4, -0.2) is 43.4 Å². The van der Waals surface area contributed by atoms with Crippen LogP contribution in [0, 0.1) is 0 Å². The summed E-state index contributed by atoms with van der Waals surface area (Å²) < 4.78 is 2.45. The predicted octanol–water partition coefficient (Wildman–Crippen LogP) is 6.93. The van der Waals surface area contributed by atoms with Crippen molar-refractivity contribution in [2.45, 2.75) is 31.7 Å². The molecule has 7 rings (SSSR count). The monoisotopic (exact) mass is 590 g/mol. The molecule has 0 unspecified atom stereocenters. The number of Topliss-reactive ketones (excluding diaryl/α,β-unsaturated/α-hetero) is 1. The maximum Gasteiger partial charge on any atom is 0.185 e. The number of thiazole rings is 1. The van der Waals surface area contributed by atoms with E-state index in [1.807, 2.05) is 35.8 Å². The molecule has 0 atom stereocenters. The van der Waals surface area contributed by atoms with Crippen molar-refractivity contribution in [2.24, 2.45) is 5.73 Å². The van der Waals surface area contributed by atoms with Gasteiger partial charge in [0.05, 0.1) is 0 Å². The van der Waals surface area contributed by atoms with Crippen molar-refractivity contribution in [3.63, 3.8) is 0 Å². The highest BCUT2D eigenvalue weighted by molar-refractivity contribution is 7.80. The van der Waals surface area contributed by atoms with Crippen molar-refractivity contribution in [1.82, 2.24) is 19.5 Å². The molecule has 1 aliphatic heterocycles. The molecule has 3 N–H and O–H groups in total. The van der Waals surface area contributed by atoms with Gasteiger partial charge in [0.2, 0.25) is 0 Å². The number of ketones is 1. The van der Waals surface area contributed by atoms with E-state index >= 15 is 0 Å². The van der Waals surface area contributed by atoms with Gasteiger partial charge in [-0.05, 0) is 54.7 Å². The highest BCUT2D eigenvalue weighted by Gasteiger charge is 2.24. The van der Waals surface area contributed by atoms with Crippen LogP contribution in [0.4, 0.5) is 5.13 Å². The molecule has 210 valence electrons. The van der Waals surface area contributed by atoms with Gasteiger partial charge in [0, 0.05) is 88.7 Å². The number of rotatable bonds is 8. The molecule has 7 nitrogen and oxygen atoms in total. The second-order valence-corrected chi connectivity index (χ2v) is 12.1. The number of hydrogen-bond acceptors (Lipinski definition) is 6. The van der Waals surface area contributed by atoms with E-state index in [1.54, 1.807) is 23.7 Å². The third-order valence-corrected chi connectivity index (χ3v) is 9.36. The lowest BCUT2D eigenvalue weighted by molar-refractivity contribution is 0.0984. The molecule has 1 aliphatic rings. The highest BCUT2D eigenvalue weighted by atomic mass is 32.1. The molecule has 1 fully saturated rings. The summed E-state index contributed by atoms with van der Waals surface area (Å²) in [6.07, 6.45) is 10.8.